The van der Waals surface area contributed by atoms with Gasteiger partial charge in [-0.2, -0.15) is 0 Å². The predicted molar refractivity (Wildman–Crippen MR) is 103 cm³/mol. The first-order valence-electron chi connectivity index (χ1n) is 7.58. The Labute approximate surface area is 154 Å². The van der Waals surface area contributed by atoms with Crippen LogP contribution in [0.5, 0.6) is 0 Å². The number of halogens is 1. The lowest BCUT2D eigenvalue weighted by Gasteiger charge is -2.10. The molecule has 0 bridgehead atoms. The second-order valence-corrected chi connectivity index (χ2v) is 9.24. The normalized spacial score (nSPS) is 13.1. The molecular weight excluding hydrogens is 408 g/mol. The number of hydrogen-bond donors (Lipinski definition) is 1. The van der Waals surface area contributed by atoms with Gasteiger partial charge in [0.2, 0.25) is 0 Å². The number of aromatic nitrogens is 1. The van der Waals surface area contributed by atoms with Gasteiger partial charge in [-0.1, -0.05) is 53.2 Å². The SMILES string of the molecule is CCC(C)c1ccc(S(=O)(=O)Nc2nc3ccc(Br)cc3s2)cc1. The number of nitrogens with zero attached hydrogens (tertiary/aromatic N) is 1. The van der Waals surface area contributed by atoms with Crippen LogP contribution in [0.15, 0.2) is 51.8 Å². The smallest absolute Gasteiger partial charge is 0.255 e. The number of hydrogen-bond acceptors (Lipinski definition) is 4. The third-order valence-electron chi connectivity index (χ3n) is 3.94. The van der Waals surface area contributed by atoms with E-state index >= 15 is 0 Å². The summed E-state index contributed by atoms with van der Waals surface area (Å²) < 4.78 is 29.5. The molecule has 0 aliphatic carbocycles. The maximum atomic E-state index is 12.5. The van der Waals surface area contributed by atoms with E-state index in [9.17, 15) is 8.42 Å². The third-order valence-corrected chi connectivity index (χ3v) is 6.85. The van der Waals surface area contributed by atoms with E-state index in [0.29, 0.717) is 11.0 Å². The van der Waals surface area contributed by atoms with Crippen molar-refractivity contribution in [1.29, 1.82) is 0 Å². The number of rotatable bonds is 5. The van der Waals surface area contributed by atoms with Crippen molar-refractivity contribution in [2.24, 2.45) is 0 Å². The van der Waals surface area contributed by atoms with E-state index in [2.05, 4.69) is 39.5 Å². The van der Waals surface area contributed by atoms with Crippen molar-refractivity contribution in [3.05, 3.63) is 52.5 Å². The summed E-state index contributed by atoms with van der Waals surface area (Å²) in [7, 11) is -3.63. The van der Waals surface area contributed by atoms with Gasteiger partial charge in [-0.05, 0) is 48.2 Å². The molecular formula is C17H17BrN2O2S2. The minimum atomic E-state index is -3.63. The summed E-state index contributed by atoms with van der Waals surface area (Å²) in [4.78, 5) is 4.58. The van der Waals surface area contributed by atoms with Gasteiger partial charge < -0.3 is 0 Å². The molecule has 0 fully saturated rings. The maximum absolute atomic E-state index is 12.5. The van der Waals surface area contributed by atoms with Crippen LogP contribution in [0.3, 0.4) is 0 Å². The number of fused-ring (bicyclic) bond motifs is 1. The molecule has 1 unspecified atom stereocenters. The Morgan fingerprint density at radius 3 is 2.58 bits per heavy atom. The maximum Gasteiger partial charge on any atom is 0.263 e. The van der Waals surface area contributed by atoms with Crippen LogP contribution >= 0.6 is 27.3 Å². The van der Waals surface area contributed by atoms with Gasteiger partial charge in [0.1, 0.15) is 0 Å². The number of benzene rings is 2. The first kappa shape index (κ1) is 17.4. The van der Waals surface area contributed by atoms with E-state index in [1.807, 2.05) is 30.3 Å². The molecule has 1 atom stereocenters. The van der Waals surface area contributed by atoms with E-state index in [4.69, 9.17) is 0 Å². The second kappa shape index (κ2) is 6.82. The van der Waals surface area contributed by atoms with E-state index in [-0.39, 0.29) is 4.90 Å². The summed E-state index contributed by atoms with van der Waals surface area (Å²) in [5.41, 5.74) is 1.91. The van der Waals surface area contributed by atoms with E-state index in [1.165, 1.54) is 11.3 Å². The van der Waals surface area contributed by atoms with Crippen LogP contribution in [-0.2, 0) is 10.0 Å². The van der Waals surface area contributed by atoms with Gasteiger partial charge in [0.25, 0.3) is 10.0 Å². The molecule has 0 aliphatic heterocycles. The average molecular weight is 425 g/mol. The summed E-state index contributed by atoms with van der Waals surface area (Å²) in [5, 5.41) is 0.370. The highest BCUT2D eigenvalue weighted by Gasteiger charge is 2.17. The summed E-state index contributed by atoms with van der Waals surface area (Å²) in [6, 6.07) is 12.7. The van der Waals surface area contributed by atoms with Crippen molar-refractivity contribution < 1.29 is 8.42 Å². The quantitative estimate of drug-likeness (QED) is 0.598. The van der Waals surface area contributed by atoms with Crippen LogP contribution in [0.25, 0.3) is 10.2 Å². The zero-order valence-electron chi connectivity index (χ0n) is 13.3. The van der Waals surface area contributed by atoms with Crippen LogP contribution < -0.4 is 4.72 Å². The molecule has 4 nitrogen and oxygen atoms in total. The summed E-state index contributed by atoms with van der Waals surface area (Å²) in [6.45, 7) is 4.24. The Hall–Kier alpha value is -1.44. The molecule has 0 saturated heterocycles. The Bertz CT molecular complexity index is 966. The van der Waals surface area contributed by atoms with Gasteiger partial charge in [-0.3, -0.25) is 4.72 Å². The van der Waals surface area contributed by atoms with Crippen molar-refractivity contribution in [3.63, 3.8) is 0 Å². The Morgan fingerprint density at radius 1 is 1.21 bits per heavy atom. The molecule has 126 valence electrons. The summed E-state index contributed by atoms with van der Waals surface area (Å²) in [6.07, 6.45) is 1.02. The van der Waals surface area contributed by atoms with Crippen LogP contribution in [0, 0.1) is 0 Å². The molecule has 0 aliphatic rings. The minimum absolute atomic E-state index is 0.245. The van der Waals surface area contributed by atoms with Crippen molar-refractivity contribution in [2.45, 2.75) is 31.1 Å². The number of thiazole rings is 1. The largest absolute Gasteiger partial charge is 0.263 e. The van der Waals surface area contributed by atoms with Gasteiger partial charge in [-0.15, -0.1) is 0 Å². The van der Waals surface area contributed by atoms with E-state index in [0.717, 1.165) is 26.7 Å². The molecule has 7 heteroatoms. The fraction of sp³-hybridized carbons (Fsp3) is 0.235. The van der Waals surface area contributed by atoms with Crippen molar-refractivity contribution in [2.75, 3.05) is 4.72 Å². The first-order chi connectivity index (χ1) is 11.4. The highest BCUT2D eigenvalue weighted by molar-refractivity contribution is 9.10. The van der Waals surface area contributed by atoms with E-state index in [1.54, 1.807) is 12.1 Å². The lowest BCUT2D eigenvalue weighted by atomic mass is 9.99. The first-order valence-corrected chi connectivity index (χ1v) is 10.7. The molecule has 0 saturated carbocycles. The molecule has 1 N–H and O–H groups in total. The minimum Gasteiger partial charge on any atom is -0.255 e. The highest BCUT2D eigenvalue weighted by atomic mass is 79.9. The average Bonchev–Trinajstić information content (AvgIpc) is 2.94. The van der Waals surface area contributed by atoms with Crippen LogP contribution in [0.4, 0.5) is 5.13 Å². The molecule has 2 aromatic carbocycles. The molecule has 1 heterocycles. The zero-order valence-corrected chi connectivity index (χ0v) is 16.5. The van der Waals surface area contributed by atoms with Gasteiger partial charge in [0.05, 0.1) is 15.1 Å². The van der Waals surface area contributed by atoms with Gasteiger partial charge >= 0.3 is 0 Å². The second-order valence-electron chi connectivity index (χ2n) is 5.61. The monoisotopic (exact) mass is 424 g/mol. The molecule has 3 aromatic rings. The highest BCUT2D eigenvalue weighted by Crippen LogP contribution is 2.30. The lowest BCUT2D eigenvalue weighted by molar-refractivity contribution is 0.601. The zero-order chi connectivity index (χ0) is 17.3. The Balaban J connectivity index is 1.86. The lowest BCUT2D eigenvalue weighted by Crippen LogP contribution is -2.12. The van der Waals surface area contributed by atoms with Crippen LogP contribution in [-0.4, -0.2) is 13.4 Å². The molecule has 1 aromatic heterocycles. The Morgan fingerprint density at radius 2 is 1.92 bits per heavy atom. The van der Waals surface area contributed by atoms with Crippen molar-refractivity contribution >= 4 is 52.6 Å². The summed E-state index contributed by atoms with van der Waals surface area (Å²) >= 11 is 4.72. The van der Waals surface area contributed by atoms with Crippen molar-refractivity contribution in [1.82, 2.24) is 4.98 Å². The fourth-order valence-corrected chi connectivity index (χ4v) is 4.98. The number of sulfonamides is 1. The standard InChI is InChI=1S/C17H17BrN2O2S2/c1-3-11(2)12-4-7-14(8-5-12)24(21,22)20-17-19-15-9-6-13(18)10-16(15)23-17/h4-11H,3H2,1-2H3,(H,19,20). The molecule has 0 spiro atoms. The number of nitrogens with one attached hydrogen (secondary N) is 1. The van der Waals surface area contributed by atoms with E-state index < -0.39 is 10.0 Å². The molecule has 3 rings (SSSR count). The molecule has 24 heavy (non-hydrogen) atoms. The topological polar surface area (TPSA) is 59.1 Å². The van der Waals surface area contributed by atoms with Gasteiger partial charge in [-0.25, -0.2) is 13.4 Å². The van der Waals surface area contributed by atoms with Crippen LogP contribution in [0.2, 0.25) is 0 Å². The molecule has 0 radical (unpaired) electrons. The van der Waals surface area contributed by atoms with Gasteiger partial charge in [0, 0.05) is 4.47 Å². The number of anilines is 1. The Kier molecular flexibility index (Phi) is 4.94. The fourth-order valence-electron chi connectivity index (χ4n) is 2.33. The van der Waals surface area contributed by atoms with Gasteiger partial charge in [0.15, 0.2) is 5.13 Å². The van der Waals surface area contributed by atoms with Crippen LogP contribution in [0.1, 0.15) is 31.7 Å². The summed E-state index contributed by atoms with van der Waals surface area (Å²) in [5.74, 6) is 0.414. The molecule has 0 amide bonds. The predicted octanol–water partition coefficient (Wildman–Crippen LogP) is 5.37. The third kappa shape index (κ3) is 3.63. The van der Waals surface area contributed by atoms with Crippen molar-refractivity contribution in [3.8, 4) is 0 Å².